The van der Waals surface area contributed by atoms with Crippen LogP contribution in [0.1, 0.15) is 18.5 Å². The summed E-state index contributed by atoms with van der Waals surface area (Å²) in [5.41, 5.74) is 2.76. The number of amides is 1. The molecular formula is C25H20FN3O2. The lowest BCUT2D eigenvalue weighted by molar-refractivity contribution is -0.118. The van der Waals surface area contributed by atoms with Crippen LogP contribution in [0.4, 0.5) is 21.5 Å². The lowest BCUT2D eigenvalue weighted by Crippen LogP contribution is -2.28. The molecule has 1 aliphatic rings. The van der Waals surface area contributed by atoms with Crippen LogP contribution >= 0.6 is 0 Å². The molecule has 1 heterocycles. The fraction of sp³-hybridized carbons (Fsp3) is 0.120. The van der Waals surface area contributed by atoms with Gasteiger partial charge in [-0.2, -0.15) is 0 Å². The first-order chi connectivity index (χ1) is 15.1. The Bertz CT molecular complexity index is 1220. The zero-order chi connectivity index (χ0) is 21.3. The Morgan fingerprint density at radius 1 is 0.871 bits per heavy atom. The third-order valence-electron chi connectivity index (χ3n) is 5.53. The molecule has 1 aliphatic carbocycles. The molecule has 1 amide bonds. The molecular weight excluding hydrogens is 393 g/mol. The van der Waals surface area contributed by atoms with E-state index in [4.69, 9.17) is 4.52 Å². The second kappa shape index (κ2) is 7.72. The van der Waals surface area contributed by atoms with Crippen LogP contribution in [0.2, 0.25) is 0 Å². The standard InChI is InChI=1S/C25H20FN3O2/c26-21-9-5-4-8-20(21)22-16-23(29-31-22)25(14-15-25)24(30)28-19-12-10-18(11-13-19)27-17-6-2-1-3-7-17/h1-13,16,27H,14-15H2,(H,28,30). The summed E-state index contributed by atoms with van der Waals surface area (Å²) >= 11 is 0. The fourth-order valence-corrected chi connectivity index (χ4v) is 3.59. The zero-order valence-electron chi connectivity index (χ0n) is 16.6. The average molecular weight is 413 g/mol. The van der Waals surface area contributed by atoms with Crippen LogP contribution in [-0.4, -0.2) is 11.1 Å². The van der Waals surface area contributed by atoms with Crippen LogP contribution in [0.25, 0.3) is 11.3 Å². The molecule has 1 fully saturated rings. The highest BCUT2D eigenvalue weighted by atomic mass is 19.1. The van der Waals surface area contributed by atoms with Gasteiger partial charge in [-0.05, 0) is 61.4 Å². The molecule has 2 N–H and O–H groups in total. The van der Waals surface area contributed by atoms with Gasteiger partial charge in [0.15, 0.2) is 5.76 Å². The summed E-state index contributed by atoms with van der Waals surface area (Å²) in [4.78, 5) is 13.0. The molecule has 0 bridgehead atoms. The van der Waals surface area contributed by atoms with Crippen LogP contribution in [-0.2, 0) is 10.2 Å². The fourth-order valence-electron chi connectivity index (χ4n) is 3.59. The van der Waals surface area contributed by atoms with Gasteiger partial charge in [-0.15, -0.1) is 0 Å². The molecule has 154 valence electrons. The van der Waals surface area contributed by atoms with Gasteiger partial charge in [0.05, 0.1) is 16.7 Å². The van der Waals surface area contributed by atoms with Crippen molar-refractivity contribution >= 4 is 23.0 Å². The van der Waals surface area contributed by atoms with E-state index in [0.29, 0.717) is 35.5 Å². The van der Waals surface area contributed by atoms with Gasteiger partial charge >= 0.3 is 0 Å². The Balaban J connectivity index is 1.29. The highest BCUT2D eigenvalue weighted by Gasteiger charge is 2.53. The number of hydrogen-bond acceptors (Lipinski definition) is 4. The molecule has 5 rings (SSSR count). The van der Waals surface area contributed by atoms with Crippen LogP contribution in [0, 0.1) is 5.82 Å². The maximum atomic E-state index is 14.0. The maximum absolute atomic E-state index is 14.0. The minimum Gasteiger partial charge on any atom is -0.356 e. The van der Waals surface area contributed by atoms with Crippen molar-refractivity contribution in [3.8, 4) is 11.3 Å². The summed E-state index contributed by atoms with van der Waals surface area (Å²) in [6.07, 6.45) is 1.35. The summed E-state index contributed by atoms with van der Waals surface area (Å²) in [6.45, 7) is 0. The molecule has 4 aromatic rings. The van der Waals surface area contributed by atoms with Gasteiger partial charge in [-0.1, -0.05) is 35.5 Å². The molecule has 5 nitrogen and oxygen atoms in total. The predicted molar refractivity (Wildman–Crippen MR) is 118 cm³/mol. The first-order valence-electron chi connectivity index (χ1n) is 10.1. The van der Waals surface area contributed by atoms with Crippen molar-refractivity contribution in [2.45, 2.75) is 18.3 Å². The SMILES string of the molecule is O=C(Nc1ccc(Nc2ccccc2)cc1)C1(c2cc(-c3ccccc3F)on2)CC1. The second-order valence-corrected chi connectivity index (χ2v) is 7.66. The van der Waals surface area contributed by atoms with Crippen LogP contribution in [0.5, 0.6) is 0 Å². The van der Waals surface area contributed by atoms with E-state index in [0.717, 1.165) is 11.4 Å². The number of halogens is 1. The van der Waals surface area contributed by atoms with E-state index < -0.39 is 5.41 Å². The number of nitrogens with one attached hydrogen (secondary N) is 2. The molecule has 0 radical (unpaired) electrons. The molecule has 6 heteroatoms. The third kappa shape index (κ3) is 3.80. The molecule has 0 aliphatic heterocycles. The van der Waals surface area contributed by atoms with Crippen molar-refractivity contribution < 1.29 is 13.7 Å². The van der Waals surface area contributed by atoms with Crippen molar-refractivity contribution in [3.05, 3.63) is 96.4 Å². The van der Waals surface area contributed by atoms with Crippen molar-refractivity contribution in [1.82, 2.24) is 5.16 Å². The Morgan fingerprint density at radius 2 is 1.52 bits per heavy atom. The molecule has 0 spiro atoms. The number of nitrogens with zero attached hydrogens (tertiary/aromatic N) is 1. The Hall–Kier alpha value is -3.93. The minimum atomic E-state index is -0.728. The quantitative estimate of drug-likeness (QED) is 0.413. The largest absolute Gasteiger partial charge is 0.356 e. The molecule has 0 saturated heterocycles. The molecule has 3 aromatic carbocycles. The van der Waals surface area contributed by atoms with Crippen LogP contribution in [0.15, 0.2) is 89.5 Å². The van der Waals surface area contributed by atoms with Crippen LogP contribution < -0.4 is 10.6 Å². The smallest absolute Gasteiger partial charge is 0.236 e. The summed E-state index contributed by atoms with van der Waals surface area (Å²) in [5.74, 6) is -0.197. The lowest BCUT2D eigenvalue weighted by atomic mass is 10.00. The first-order valence-corrected chi connectivity index (χ1v) is 10.1. The van der Waals surface area contributed by atoms with Gasteiger partial charge in [0.2, 0.25) is 5.91 Å². The Labute approximate surface area is 178 Å². The average Bonchev–Trinajstić information content (AvgIpc) is 3.46. The maximum Gasteiger partial charge on any atom is 0.236 e. The van der Waals surface area contributed by atoms with Gasteiger partial charge in [0.25, 0.3) is 0 Å². The molecule has 0 atom stereocenters. The monoisotopic (exact) mass is 413 g/mol. The number of carbonyl (C=O) groups excluding carboxylic acids is 1. The number of para-hydroxylation sites is 1. The van der Waals surface area contributed by atoms with Gasteiger partial charge in [-0.25, -0.2) is 4.39 Å². The number of rotatable bonds is 6. The van der Waals surface area contributed by atoms with E-state index in [1.807, 2.05) is 54.6 Å². The zero-order valence-corrected chi connectivity index (χ0v) is 16.6. The van der Waals surface area contributed by atoms with E-state index in [9.17, 15) is 9.18 Å². The highest BCUT2D eigenvalue weighted by Crippen LogP contribution is 2.49. The molecule has 31 heavy (non-hydrogen) atoms. The second-order valence-electron chi connectivity index (χ2n) is 7.66. The summed E-state index contributed by atoms with van der Waals surface area (Å²) in [6, 6.07) is 25.4. The summed E-state index contributed by atoms with van der Waals surface area (Å²) in [5, 5.41) is 10.4. The molecule has 0 unspecified atom stereocenters. The number of benzene rings is 3. The van der Waals surface area contributed by atoms with Crippen molar-refractivity contribution in [2.75, 3.05) is 10.6 Å². The van der Waals surface area contributed by atoms with Gasteiger partial charge < -0.3 is 15.2 Å². The topological polar surface area (TPSA) is 67.2 Å². The number of anilines is 3. The molecule has 1 saturated carbocycles. The third-order valence-corrected chi connectivity index (χ3v) is 5.53. The van der Waals surface area contributed by atoms with Gasteiger partial charge in [0, 0.05) is 23.1 Å². The number of aromatic nitrogens is 1. The van der Waals surface area contributed by atoms with Crippen molar-refractivity contribution in [3.63, 3.8) is 0 Å². The lowest BCUT2D eigenvalue weighted by Gasteiger charge is -2.13. The predicted octanol–water partition coefficient (Wildman–Crippen LogP) is 5.89. The van der Waals surface area contributed by atoms with Gasteiger partial charge in [-0.3, -0.25) is 4.79 Å². The first kappa shape index (κ1) is 19.1. The number of carbonyl (C=O) groups is 1. The van der Waals surface area contributed by atoms with Gasteiger partial charge in [0.1, 0.15) is 5.82 Å². The normalized spacial score (nSPS) is 14.1. The minimum absolute atomic E-state index is 0.135. The Kier molecular flexibility index (Phi) is 4.75. The Morgan fingerprint density at radius 3 is 2.23 bits per heavy atom. The van der Waals surface area contributed by atoms with E-state index in [1.54, 1.807) is 24.3 Å². The van der Waals surface area contributed by atoms with Crippen molar-refractivity contribution in [1.29, 1.82) is 0 Å². The van der Waals surface area contributed by atoms with E-state index in [1.165, 1.54) is 6.07 Å². The summed E-state index contributed by atoms with van der Waals surface area (Å²) in [7, 11) is 0. The van der Waals surface area contributed by atoms with E-state index in [-0.39, 0.29) is 11.7 Å². The highest BCUT2D eigenvalue weighted by molar-refractivity contribution is 6.01. The van der Waals surface area contributed by atoms with Crippen LogP contribution in [0.3, 0.4) is 0 Å². The number of hydrogen-bond donors (Lipinski definition) is 2. The van der Waals surface area contributed by atoms with E-state index >= 15 is 0 Å². The summed E-state index contributed by atoms with van der Waals surface area (Å²) < 4.78 is 19.4. The van der Waals surface area contributed by atoms with E-state index in [2.05, 4.69) is 15.8 Å². The molecule has 1 aromatic heterocycles. The van der Waals surface area contributed by atoms with Crippen molar-refractivity contribution in [2.24, 2.45) is 0 Å².